The monoisotopic (exact) mass is 562 g/mol. The molecule has 0 radical (unpaired) electrons. The highest BCUT2D eigenvalue weighted by Gasteiger charge is 2.41. The summed E-state index contributed by atoms with van der Waals surface area (Å²) in [6.45, 7) is 3.53. The Balaban J connectivity index is 1.29. The second-order valence-corrected chi connectivity index (χ2v) is 11.3. The van der Waals surface area contributed by atoms with Crippen LogP contribution in [-0.2, 0) is 25.9 Å². The summed E-state index contributed by atoms with van der Waals surface area (Å²) in [5.74, 6) is 2.12. The van der Waals surface area contributed by atoms with E-state index >= 15 is 0 Å². The molecule has 1 N–H and O–H groups in total. The van der Waals surface area contributed by atoms with Crippen molar-refractivity contribution in [3.05, 3.63) is 124 Å². The van der Waals surface area contributed by atoms with E-state index in [1.165, 1.54) is 33.3 Å². The van der Waals surface area contributed by atoms with E-state index in [2.05, 4.69) is 65.3 Å². The maximum absolute atomic E-state index is 14.0. The molecule has 6 heteroatoms. The van der Waals surface area contributed by atoms with Gasteiger partial charge in [-0.2, -0.15) is 0 Å². The molecule has 0 saturated carbocycles. The van der Waals surface area contributed by atoms with E-state index in [0.717, 1.165) is 59.7 Å². The van der Waals surface area contributed by atoms with Crippen LogP contribution in [-0.4, -0.2) is 30.6 Å². The largest absolute Gasteiger partial charge is 0.497 e. The van der Waals surface area contributed by atoms with E-state index in [4.69, 9.17) is 14.2 Å². The molecule has 0 bridgehead atoms. The quantitative estimate of drug-likeness (QED) is 0.221. The highest BCUT2D eigenvalue weighted by atomic mass is 19.1. The number of methoxy groups -OCH3 is 2. The average molecular weight is 563 g/mol. The summed E-state index contributed by atoms with van der Waals surface area (Å²) in [5.41, 5.74) is 9.60. The molecule has 4 aromatic carbocycles. The van der Waals surface area contributed by atoms with Crippen molar-refractivity contribution in [1.82, 2.24) is 9.88 Å². The van der Waals surface area contributed by atoms with Crippen LogP contribution in [0.5, 0.6) is 17.2 Å². The Bertz CT molecular complexity index is 1740. The van der Waals surface area contributed by atoms with Crippen LogP contribution in [0.3, 0.4) is 0 Å². The molecule has 0 spiro atoms. The lowest BCUT2D eigenvalue weighted by Gasteiger charge is -2.46. The Morgan fingerprint density at radius 1 is 0.881 bits per heavy atom. The highest BCUT2D eigenvalue weighted by Crippen LogP contribution is 2.50. The van der Waals surface area contributed by atoms with Crippen molar-refractivity contribution in [2.75, 3.05) is 20.8 Å². The molecule has 2 aliphatic heterocycles. The summed E-state index contributed by atoms with van der Waals surface area (Å²) in [6, 6.07) is 26.2. The minimum Gasteiger partial charge on any atom is -0.497 e. The summed E-state index contributed by atoms with van der Waals surface area (Å²) in [6.07, 6.45) is 2.76. The Labute approximate surface area is 245 Å². The molecule has 2 aliphatic rings. The average Bonchev–Trinajstić information content (AvgIpc) is 3.40. The van der Waals surface area contributed by atoms with Crippen molar-refractivity contribution in [3.63, 3.8) is 0 Å². The lowest BCUT2D eigenvalue weighted by Crippen LogP contribution is -2.43. The van der Waals surface area contributed by atoms with Gasteiger partial charge >= 0.3 is 0 Å². The van der Waals surface area contributed by atoms with Crippen molar-refractivity contribution >= 4 is 10.9 Å². The van der Waals surface area contributed by atoms with E-state index in [1.807, 2.05) is 18.2 Å². The van der Waals surface area contributed by atoms with E-state index in [-0.39, 0.29) is 17.9 Å². The Morgan fingerprint density at radius 2 is 1.67 bits per heavy atom. The molecule has 7 rings (SSSR count). The summed E-state index contributed by atoms with van der Waals surface area (Å²) < 4.78 is 31.8. The lowest BCUT2D eigenvalue weighted by atomic mass is 9.80. The first-order valence-electron chi connectivity index (χ1n) is 14.7. The molecule has 1 aromatic heterocycles. The van der Waals surface area contributed by atoms with Crippen LogP contribution in [0.4, 0.5) is 4.39 Å². The zero-order valence-corrected chi connectivity index (χ0v) is 24.2. The Kier molecular flexibility index (Phi) is 6.87. The van der Waals surface area contributed by atoms with Gasteiger partial charge in [0, 0.05) is 29.2 Å². The first kappa shape index (κ1) is 26.6. The van der Waals surface area contributed by atoms with E-state index < -0.39 is 0 Å². The molecule has 0 aliphatic carbocycles. The molecule has 0 fully saturated rings. The van der Waals surface area contributed by atoms with Crippen LogP contribution in [0.15, 0.2) is 78.9 Å². The van der Waals surface area contributed by atoms with E-state index in [1.54, 1.807) is 26.4 Å². The predicted octanol–water partition coefficient (Wildman–Crippen LogP) is 7.71. The summed E-state index contributed by atoms with van der Waals surface area (Å²) in [4.78, 5) is 6.28. The summed E-state index contributed by atoms with van der Waals surface area (Å²) in [7, 11) is 3.41. The third kappa shape index (κ3) is 4.60. The molecule has 214 valence electrons. The van der Waals surface area contributed by atoms with Crippen LogP contribution in [0.1, 0.15) is 58.1 Å². The molecule has 0 amide bonds. The van der Waals surface area contributed by atoms with Gasteiger partial charge in [0.1, 0.15) is 18.2 Å². The fourth-order valence-corrected chi connectivity index (χ4v) is 6.76. The van der Waals surface area contributed by atoms with Gasteiger partial charge < -0.3 is 19.2 Å². The first-order valence-corrected chi connectivity index (χ1v) is 14.7. The molecule has 0 saturated heterocycles. The van der Waals surface area contributed by atoms with Gasteiger partial charge in [0.15, 0.2) is 11.5 Å². The molecule has 2 unspecified atom stereocenters. The number of hydrogen-bond donors (Lipinski definition) is 1. The van der Waals surface area contributed by atoms with Gasteiger partial charge in [0.2, 0.25) is 0 Å². The van der Waals surface area contributed by atoms with Gasteiger partial charge in [-0.25, -0.2) is 4.39 Å². The number of rotatable bonds is 7. The molecule has 3 heterocycles. The number of aryl methyl sites for hydroxylation is 1. The number of halogens is 1. The summed E-state index contributed by atoms with van der Waals surface area (Å²) >= 11 is 0. The van der Waals surface area contributed by atoms with Gasteiger partial charge in [0.05, 0.1) is 20.3 Å². The summed E-state index contributed by atoms with van der Waals surface area (Å²) in [5, 5.41) is 1.17. The van der Waals surface area contributed by atoms with Gasteiger partial charge in [-0.15, -0.1) is 0 Å². The molecule has 42 heavy (non-hydrogen) atoms. The second kappa shape index (κ2) is 10.8. The second-order valence-electron chi connectivity index (χ2n) is 11.3. The third-order valence-electron chi connectivity index (χ3n) is 8.98. The number of fused-ring (bicyclic) bond motifs is 6. The third-order valence-corrected chi connectivity index (χ3v) is 8.98. The number of aromatic nitrogens is 1. The van der Waals surface area contributed by atoms with Gasteiger partial charge in [-0.05, 0) is 95.1 Å². The number of nitrogens with one attached hydrogen (secondary N) is 1. The number of aromatic amines is 1. The van der Waals surface area contributed by atoms with Gasteiger partial charge in [-0.1, -0.05) is 43.3 Å². The minimum absolute atomic E-state index is 0.0288. The number of nitrogens with zero attached hydrogens (tertiary/aromatic N) is 1. The van der Waals surface area contributed by atoms with Crippen LogP contribution in [0.2, 0.25) is 0 Å². The molecule has 5 nitrogen and oxygen atoms in total. The fourth-order valence-electron chi connectivity index (χ4n) is 6.76. The van der Waals surface area contributed by atoms with Crippen LogP contribution >= 0.6 is 0 Å². The maximum atomic E-state index is 14.0. The smallest absolute Gasteiger partial charge is 0.161 e. The first-order chi connectivity index (χ1) is 20.6. The zero-order chi connectivity index (χ0) is 28.8. The predicted molar refractivity (Wildman–Crippen MR) is 163 cm³/mol. The lowest BCUT2D eigenvalue weighted by molar-refractivity contribution is 0.127. The fraction of sp³-hybridized carbons (Fsp3) is 0.278. The van der Waals surface area contributed by atoms with Crippen LogP contribution in [0.25, 0.3) is 10.9 Å². The van der Waals surface area contributed by atoms with Crippen molar-refractivity contribution in [2.24, 2.45) is 0 Å². The Hall–Kier alpha value is -4.29. The van der Waals surface area contributed by atoms with Crippen molar-refractivity contribution < 1.29 is 18.6 Å². The van der Waals surface area contributed by atoms with Gasteiger partial charge in [0.25, 0.3) is 0 Å². The van der Waals surface area contributed by atoms with E-state index in [9.17, 15) is 4.39 Å². The topological polar surface area (TPSA) is 46.7 Å². The molecule has 2 atom stereocenters. The van der Waals surface area contributed by atoms with Crippen LogP contribution in [0, 0.1) is 5.82 Å². The Morgan fingerprint density at radius 3 is 2.40 bits per heavy atom. The highest BCUT2D eigenvalue weighted by molar-refractivity contribution is 5.87. The normalized spacial score (nSPS) is 17.8. The molecular formula is C36H35FN2O3. The standard InChI is InChI=1S/C36H35FN2O3/c1-4-22-5-7-23(8-6-22)21-42-34-17-25-15-16-39-32(28(25)20-33(34)41-3)19-30-29-18-27(40-2)13-14-31(29)38-35(30)36(39)24-9-11-26(37)12-10-24/h5-14,17-18,20,32,36,38H,4,15-16,19,21H2,1-3H3. The van der Waals surface area contributed by atoms with Crippen molar-refractivity contribution in [1.29, 1.82) is 0 Å². The molecular weight excluding hydrogens is 527 g/mol. The number of benzene rings is 4. The van der Waals surface area contributed by atoms with Gasteiger partial charge in [-0.3, -0.25) is 4.90 Å². The van der Waals surface area contributed by atoms with Crippen LogP contribution < -0.4 is 14.2 Å². The molecule has 5 aromatic rings. The SMILES string of the molecule is CCc1ccc(COc2cc3c(cc2OC)C2Cc4c([nH]c5ccc(OC)cc45)C(c4ccc(F)cc4)N2CC3)cc1. The number of H-pyrrole nitrogens is 1. The number of ether oxygens (including phenoxy) is 3. The van der Waals surface area contributed by atoms with Crippen molar-refractivity contribution in [2.45, 2.75) is 44.9 Å². The zero-order valence-electron chi connectivity index (χ0n) is 24.2. The maximum Gasteiger partial charge on any atom is 0.161 e. The number of hydrogen-bond acceptors (Lipinski definition) is 4. The minimum atomic E-state index is -0.227. The van der Waals surface area contributed by atoms with E-state index in [0.29, 0.717) is 6.61 Å². The van der Waals surface area contributed by atoms with Crippen molar-refractivity contribution in [3.8, 4) is 17.2 Å².